The molecule has 5 heteroatoms. The van der Waals surface area contributed by atoms with E-state index in [0.29, 0.717) is 5.75 Å². The van der Waals surface area contributed by atoms with Crippen LogP contribution < -0.4 is 4.65 Å². The third kappa shape index (κ3) is 2.21. The van der Waals surface area contributed by atoms with Crippen molar-refractivity contribution >= 4 is 7.32 Å². The molecule has 0 fully saturated rings. The summed E-state index contributed by atoms with van der Waals surface area (Å²) in [5, 5.41) is 16.9. The van der Waals surface area contributed by atoms with Crippen LogP contribution in [-0.4, -0.2) is 22.4 Å². The predicted octanol–water partition coefficient (Wildman–Crippen LogP) is -0.262. The number of hydrogen-bond donors (Lipinski definition) is 2. The Labute approximate surface area is 64.6 Å². The Hall–Kier alpha value is -1.07. The maximum absolute atomic E-state index is 8.44. The molecule has 0 spiro atoms. The Bertz CT molecular complexity index is 241. The van der Waals surface area contributed by atoms with Crippen LogP contribution >= 0.6 is 0 Å². The zero-order valence-corrected chi connectivity index (χ0v) is 6.06. The lowest BCUT2D eigenvalue weighted by Gasteiger charge is -2.05. The Morgan fingerprint density at radius 2 is 2.27 bits per heavy atom. The fourth-order valence-electron chi connectivity index (χ4n) is 0.706. The topological polar surface area (TPSA) is 62.6 Å². The smallest absolute Gasteiger partial charge is 0.512 e. The molecule has 11 heavy (non-hydrogen) atoms. The quantitative estimate of drug-likeness (QED) is 0.574. The van der Waals surface area contributed by atoms with E-state index in [2.05, 4.69) is 9.64 Å². The highest BCUT2D eigenvalue weighted by atomic mass is 16.6. The molecule has 0 radical (unpaired) electrons. The van der Waals surface area contributed by atoms with Crippen LogP contribution in [0.2, 0.25) is 0 Å². The summed E-state index contributed by atoms with van der Waals surface area (Å²) >= 11 is 0. The number of rotatable bonds is 2. The second-order valence-electron chi connectivity index (χ2n) is 2.09. The first-order chi connectivity index (χ1) is 5.20. The highest BCUT2D eigenvalue weighted by Crippen LogP contribution is 2.14. The number of pyridine rings is 1. The van der Waals surface area contributed by atoms with E-state index in [1.165, 1.54) is 6.20 Å². The lowest BCUT2D eigenvalue weighted by Crippen LogP contribution is -2.21. The van der Waals surface area contributed by atoms with E-state index in [1.807, 2.05) is 0 Å². The van der Waals surface area contributed by atoms with E-state index in [0.717, 1.165) is 5.56 Å². The molecule has 1 aromatic heterocycles. The van der Waals surface area contributed by atoms with Gasteiger partial charge in [0.1, 0.15) is 5.75 Å². The van der Waals surface area contributed by atoms with Crippen molar-refractivity contribution in [2.45, 2.75) is 6.92 Å². The molecule has 0 aliphatic rings. The molecule has 0 bridgehead atoms. The Balaban J connectivity index is 2.78. The summed E-state index contributed by atoms with van der Waals surface area (Å²) in [6.07, 6.45) is 3.10. The minimum Gasteiger partial charge on any atom is -0.512 e. The van der Waals surface area contributed by atoms with Crippen molar-refractivity contribution in [2.75, 3.05) is 0 Å². The molecule has 0 saturated carbocycles. The van der Waals surface area contributed by atoms with E-state index in [-0.39, 0.29) is 0 Å². The average Bonchev–Trinajstić information content (AvgIpc) is 1.93. The van der Waals surface area contributed by atoms with Gasteiger partial charge in [-0.15, -0.1) is 0 Å². The SMILES string of the molecule is Cc1cnccc1OB(O)O. The van der Waals surface area contributed by atoms with Crippen LogP contribution in [0.25, 0.3) is 0 Å². The average molecular weight is 153 g/mol. The summed E-state index contributed by atoms with van der Waals surface area (Å²) in [5.41, 5.74) is 0.764. The molecule has 1 heterocycles. The lowest BCUT2D eigenvalue weighted by molar-refractivity contribution is 0.287. The molecule has 0 aliphatic carbocycles. The van der Waals surface area contributed by atoms with Crippen molar-refractivity contribution in [2.24, 2.45) is 0 Å². The summed E-state index contributed by atoms with van der Waals surface area (Å²) in [5.74, 6) is 0.426. The van der Waals surface area contributed by atoms with Gasteiger partial charge in [0.25, 0.3) is 0 Å². The van der Waals surface area contributed by atoms with Crippen molar-refractivity contribution in [3.8, 4) is 5.75 Å². The molecule has 0 amide bonds. The molecule has 1 aromatic rings. The molecular weight excluding hydrogens is 145 g/mol. The molecule has 2 N–H and O–H groups in total. The van der Waals surface area contributed by atoms with Crippen LogP contribution in [0.3, 0.4) is 0 Å². The number of nitrogens with zero attached hydrogens (tertiary/aromatic N) is 1. The maximum Gasteiger partial charge on any atom is 0.707 e. The van der Waals surface area contributed by atoms with Gasteiger partial charge in [0, 0.05) is 18.0 Å². The third-order valence-corrected chi connectivity index (χ3v) is 1.20. The fraction of sp³-hybridized carbons (Fsp3) is 0.167. The van der Waals surface area contributed by atoms with E-state index < -0.39 is 7.32 Å². The largest absolute Gasteiger partial charge is 0.707 e. The molecular formula is C6H8BNO3. The van der Waals surface area contributed by atoms with Crippen molar-refractivity contribution in [1.29, 1.82) is 0 Å². The van der Waals surface area contributed by atoms with Crippen molar-refractivity contribution in [1.82, 2.24) is 4.98 Å². The minimum atomic E-state index is -1.77. The lowest BCUT2D eigenvalue weighted by atomic mass is 10.2. The fourth-order valence-corrected chi connectivity index (χ4v) is 0.706. The monoisotopic (exact) mass is 153 g/mol. The van der Waals surface area contributed by atoms with E-state index in [4.69, 9.17) is 10.0 Å². The highest BCUT2D eigenvalue weighted by molar-refractivity contribution is 6.33. The summed E-state index contributed by atoms with van der Waals surface area (Å²) < 4.78 is 4.62. The molecule has 4 nitrogen and oxygen atoms in total. The van der Waals surface area contributed by atoms with Crippen LogP contribution in [0.5, 0.6) is 5.75 Å². The van der Waals surface area contributed by atoms with E-state index >= 15 is 0 Å². The molecule has 58 valence electrons. The van der Waals surface area contributed by atoms with Gasteiger partial charge in [0.2, 0.25) is 0 Å². The molecule has 0 aliphatic heterocycles. The van der Waals surface area contributed by atoms with Crippen LogP contribution in [0, 0.1) is 6.92 Å². The summed E-state index contributed by atoms with van der Waals surface area (Å²) in [6.45, 7) is 1.77. The maximum atomic E-state index is 8.44. The van der Waals surface area contributed by atoms with Gasteiger partial charge in [0.15, 0.2) is 0 Å². The van der Waals surface area contributed by atoms with Crippen LogP contribution in [0.15, 0.2) is 18.5 Å². The van der Waals surface area contributed by atoms with Gasteiger partial charge in [0.05, 0.1) is 0 Å². The van der Waals surface area contributed by atoms with Crippen LogP contribution in [-0.2, 0) is 0 Å². The van der Waals surface area contributed by atoms with Gasteiger partial charge >= 0.3 is 7.32 Å². The normalized spacial score (nSPS) is 9.36. The summed E-state index contributed by atoms with van der Waals surface area (Å²) in [7, 11) is -1.77. The van der Waals surface area contributed by atoms with Gasteiger partial charge < -0.3 is 14.7 Å². The van der Waals surface area contributed by atoms with Gasteiger partial charge in [-0.25, -0.2) is 0 Å². The van der Waals surface area contributed by atoms with Crippen LogP contribution in [0.1, 0.15) is 5.56 Å². The number of hydrogen-bond acceptors (Lipinski definition) is 4. The molecule has 1 rings (SSSR count). The zero-order chi connectivity index (χ0) is 8.27. The van der Waals surface area contributed by atoms with Gasteiger partial charge in [-0.3, -0.25) is 4.98 Å². The molecule has 0 saturated heterocycles. The number of aromatic nitrogens is 1. The third-order valence-electron chi connectivity index (χ3n) is 1.20. The van der Waals surface area contributed by atoms with E-state index in [9.17, 15) is 0 Å². The molecule has 0 aromatic carbocycles. The first-order valence-corrected chi connectivity index (χ1v) is 3.13. The van der Waals surface area contributed by atoms with Crippen molar-refractivity contribution in [3.05, 3.63) is 24.0 Å². The highest BCUT2D eigenvalue weighted by Gasteiger charge is 2.11. The Morgan fingerprint density at radius 3 is 2.82 bits per heavy atom. The first kappa shape index (κ1) is 8.04. The van der Waals surface area contributed by atoms with Crippen LogP contribution in [0.4, 0.5) is 0 Å². The van der Waals surface area contributed by atoms with Crippen molar-refractivity contribution < 1.29 is 14.7 Å². The second-order valence-corrected chi connectivity index (χ2v) is 2.09. The summed E-state index contributed by atoms with van der Waals surface area (Å²) in [4.78, 5) is 3.81. The summed E-state index contributed by atoms with van der Waals surface area (Å²) in [6, 6.07) is 1.56. The Morgan fingerprint density at radius 1 is 1.55 bits per heavy atom. The number of aryl methyl sites for hydroxylation is 1. The van der Waals surface area contributed by atoms with Gasteiger partial charge in [-0.2, -0.15) is 0 Å². The van der Waals surface area contributed by atoms with Gasteiger partial charge in [-0.05, 0) is 13.0 Å². The Kier molecular flexibility index (Phi) is 2.46. The molecule has 0 unspecified atom stereocenters. The first-order valence-electron chi connectivity index (χ1n) is 3.13. The standard InChI is InChI=1S/C6H8BNO3/c1-5-4-8-3-2-6(5)11-7(9)10/h2-4,9-10H,1H3. The molecule has 0 atom stereocenters. The minimum absolute atomic E-state index is 0.426. The second kappa shape index (κ2) is 3.36. The van der Waals surface area contributed by atoms with E-state index in [1.54, 1.807) is 19.2 Å². The van der Waals surface area contributed by atoms with Gasteiger partial charge in [-0.1, -0.05) is 0 Å². The van der Waals surface area contributed by atoms with Crippen molar-refractivity contribution in [3.63, 3.8) is 0 Å². The zero-order valence-electron chi connectivity index (χ0n) is 6.06. The predicted molar refractivity (Wildman–Crippen MR) is 39.8 cm³/mol.